The van der Waals surface area contributed by atoms with Crippen molar-refractivity contribution < 1.29 is 22.8 Å². The van der Waals surface area contributed by atoms with Gasteiger partial charge in [-0.05, 0) is 63.1 Å². The number of anilines is 1. The van der Waals surface area contributed by atoms with Gasteiger partial charge in [0.25, 0.3) is 0 Å². The van der Waals surface area contributed by atoms with Crippen LogP contribution in [0.15, 0.2) is 78.9 Å². The van der Waals surface area contributed by atoms with Crippen LogP contribution in [-0.4, -0.2) is 55.3 Å². The number of sulfonamides is 1. The molecule has 0 spiro atoms. The zero-order chi connectivity index (χ0) is 30.4. The molecule has 0 unspecified atom stereocenters. The Bertz CT molecular complexity index is 1500. The Morgan fingerprint density at radius 2 is 1.54 bits per heavy atom. The highest BCUT2D eigenvalue weighted by atomic mass is 35.5. The molecular formula is C31H36ClN3O5S. The van der Waals surface area contributed by atoms with E-state index in [0.29, 0.717) is 16.1 Å². The maximum absolute atomic E-state index is 14.1. The predicted molar refractivity (Wildman–Crippen MR) is 162 cm³/mol. The number of nitrogens with one attached hydrogen (secondary N) is 1. The first-order chi connectivity index (χ1) is 19.1. The Hall–Kier alpha value is -3.69. The monoisotopic (exact) mass is 597 g/mol. The standard InChI is InChI=1S/C31H36ClN3O5S/c1-22(36)25-14-10-16-27(19-25)35(41(5,39)40)21-29(37)34(20-24-13-9-15-26(32)17-24)28(30(38)33-31(2,3)4)18-23-11-7-6-8-12-23/h6-17,19,28H,18,20-21H2,1-5H3,(H,33,38)/t28-/m0/s1. The Balaban J connectivity index is 2.09. The molecule has 0 aliphatic heterocycles. The van der Waals surface area contributed by atoms with Gasteiger partial charge in [-0.2, -0.15) is 0 Å². The van der Waals surface area contributed by atoms with Crippen molar-refractivity contribution in [3.8, 4) is 0 Å². The largest absolute Gasteiger partial charge is 0.350 e. The number of hydrogen-bond acceptors (Lipinski definition) is 5. The molecule has 0 radical (unpaired) electrons. The fourth-order valence-electron chi connectivity index (χ4n) is 4.33. The first-order valence-corrected chi connectivity index (χ1v) is 15.4. The van der Waals surface area contributed by atoms with Gasteiger partial charge in [-0.1, -0.05) is 66.2 Å². The molecule has 2 amide bonds. The molecule has 0 bridgehead atoms. The van der Waals surface area contributed by atoms with Crippen LogP contribution in [0.5, 0.6) is 0 Å². The van der Waals surface area contributed by atoms with Gasteiger partial charge in [0.15, 0.2) is 5.78 Å². The van der Waals surface area contributed by atoms with E-state index in [1.165, 1.54) is 24.0 Å². The second-order valence-corrected chi connectivity index (χ2v) is 13.3. The van der Waals surface area contributed by atoms with E-state index in [-0.39, 0.29) is 30.3 Å². The number of carbonyl (C=O) groups is 3. The minimum Gasteiger partial charge on any atom is -0.350 e. The van der Waals surface area contributed by atoms with Gasteiger partial charge in [0.1, 0.15) is 12.6 Å². The number of carbonyl (C=O) groups excluding carboxylic acids is 3. The van der Waals surface area contributed by atoms with Gasteiger partial charge in [-0.25, -0.2) is 8.42 Å². The van der Waals surface area contributed by atoms with Crippen LogP contribution in [0, 0.1) is 0 Å². The van der Waals surface area contributed by atoms with Gasteiger partial charge in [-0.3, -0.25) is 18.7 Å². The number of hydrogen-bond donors (Lipinski definition) is 1. The SMILES string of the molecule is CC(=O)c1cccc(N(CC(=O)N(Cc2cccc(Cl)c2)[C@@H](Cc2ccccc2)C(=O)NC(C)(C)C)S(C)(=O)=O)c1. The highest BCUT2D eigenvalue weighted by Gasteiger charge is 2.34. The highest BCUT2D eigenvalue weighted by molar-refractivity contribution is 7.92. The second kappa shape index (κ2) is 13.3. The smallest absolute Gasteiger partial charge is 0.244 e. The Morgan fingerprint density at radius 1 is 0.902 bits per heavy atom. The molecule has 1 N–H and O–H groups in total. The fourth-order valence-corrected chi connectivity index (χ4v) is 5.39. The maximum atomic E-state index is 14.1. The van der Waals surface area contributed by atoms with E-state index >= 15 is 0 Å². The summed E-state index contributed by atoms with van der Waals surface area (Å²) in [6.07, 6.45) is 1.20. The molecule has 41 heavy (non-hydrogen) atoms. The molecule has 8 nitrogen and oxygen atoms in total. The molecule has 10 heteroatoms. The van der Waals surface area contributed by atoms with E-state index in [9.17, 15) is 22.8 Å². The molecule has 3 rings (SSSR count). The fraction of sp³-hybridized carbons (Fsp3) is 0.323. The number of amides is 2. The van der Waals surface area contributed by atoms with E-state index in [0.717, 1.165) is 16.1 Å². The molecule has 0 fully saturated rings. The van der Waals surface area contributed by atoms with Crippen molar-refractivity contribution >= 4 is 44.9 Å². The Kier molecular flexibility index (Phi) is 10.3. The molecule has 0 saturated carbocycles. The number of nitrogens with zero attached hydrogens (tertiary/aromatic N) is 2. The van der Waals surface area contributed by atoms with E-state index in [1.807, 2.05) is 51.1 Å². The molecule has 3 aromatic carbocycles. The van der Waals surface area contributed by atoms with Crippen LogP contribution in [0.1, 0.15) is 49.2 Å². The summed E-state index contributed by atoms with van der Waals surface area (Å²) in [6.45, 7) is 6.36. The van der Waals surface area contributed by atoms with Crippen LogP contribution >= 0.6 is 11.6 Å². The minimum atomic E-state index is -3.95. The molecule has 0 aliphatic rings. The van der Waals surface area contributed by atoms with Gasteiger partial charge in [0, 0.05) is 29.1 Å². The quantitative estimate of drug-likeness (QED) is 0.318. The van der Waals surface area contributed by atoms with Crippen LogP contribution in [0.4, 0.5) is 5.69 Å². The zero-order valence-corrected chi connectivity index (χ0v) is 25.5. The van der Waals surface area contributed by atoms with Crippen LogP contribution in [0.3, 0.4) is 0 Å². The van der Waals surface area contributed by atoms with Gasteiger partial charge in [-0.15, -0.1) is 0 Å². The topological polar surface area (TPSA) is 104 Å². The van der Waals surface area contributed by atoms with E-state index in [1.54, 1.807) is 36.4 Å². The lowest BCUT2D eigenvalue weighted by Crippen LogP contribution is -2.56. The number of rotatable bonds is 11. The molecule has 0 aliphatic carbocycles. The molecule has 0 saturated heterocycles. The van der Waals surface area contributed by atoms with Crippen molar-refractivity contribution in [3.63, 3.8) is 0 Å². The van der Waals surface area contributed by atoms with Gasteiger partial charge in [0.05, 0.1) is 11.9 Å². The molecule has 0 heterocycles. The zero-order valence-electron chi connectivity index (χ0n) is 23.9. The summed E-state index contributed by atoms with van der Waals surface area (Å²) in [5.41, 5.74) is 1.42. The summed E-state index contributed by atoms with van der Waals surface area (Å²) in [4.78, 5) is 41.2. The average Bonchev–Trinajstić information content (AvgIpc) is 2.88. The maximum Gasteiger partial charge on any atom is 0.244 e. The van der Waals surface area contributed by atoms with Gasteiger partial charge >= 0.3 is 0 Å². The van der Waals surface area contributed by atoms with E-state index in [2.05, 4.69) is 5.32 Å². The number of ketones is 1. The first kappa shape index (κ1) is 31.8. The van der Waals surface area contributed by atoms with Crippen molar-refractivity contribution in [3.05, 3.63) is 101 Å². The summed E-state index contributed by atoms with van der Waals surface area (Å²) in [5, 5.41) is 3.44. The number of Topliss-reactive ketones (excluding diaryl/α,β-unsaturated/α-hetero) is 1. The van der Waals surface area contributed by atoms with Crippen molar-refractivity contribution in [1.29, 1.82) is 0 Å². The average molecular weight is 598 g/mol. The highest BCUT2D eigenvalue weighted by Crippen LogP contribution is 2.23. The van der Waals surface area contributed by atoms with Gasteiger partial charge in [0.2, 0.25) is 21.8 Å². The molecular weight excluding hydrogens is 562 g/mol. The lowest BCUT2D eigenvalue weighted by atomic mass is 10.0. The van der Waals surface area contributed by atoms with Crippen molar-refractivity contribution in [2.24, 2.45) is 0 Å². The number of benzene rings is 3. The normalized spacial score (nSPS) is 12.3. The third kappa shape index (κ3) is 9.43. The summed E-state index contributed by atoms with van der Waals surface area (Å²) >= 11 is 6.23. The Labute approximate surface area is 247 Å². The second-order valence-electron chi connectivity index (χ2n) is 11.0. The third-order valence-electron chi connectivity index (χ3n) is 6.23. The van der Waals surface area contributed by atoms with Crippen molar-refractivity contribution in [2.75, 3.05) is 17.1 Å². The van der Waals surface area contributed by atoms with E-state index in [4.69, 9.17) is 11.6 Å². The third-order valence-corrected chi connectivity index (χ3v) is 7.61. The first-order valence-electron chi connectivity index (χ1n) is 13.1. The van der Waals surface area contributed by atoms with Crippen LogP contribution in [-0.2, 0) is 32.6 Å². The van der Waals surface area contributed by atoms with Crippen molar-refractivity contribution in [1.82, 2.24) is 10.2 Å². The Morgan fingerprint density at radius 3 is 2.12 bits per heavy atom. The number of halogens is 1. The predicted octanol–water partition coefficient (Wildman–Crippen LogP) is 4.86. The molecule has 3 aromatic rings. The van der Waals surface area contributed by atoms with E-state index < -0.39 is 34.1 Å². The van der Waals surface area contributed by atoms with Crippen molar-refractivity contribution in [2.45, 2.75) is 52.2 Å². The minimum absolute atomic E-state index is 0.0134. The molecule has 0 aromatic heterocycles. The molecule has 1 atom stereocenters. The van der Waals surface area contributed by atoms with Crippen LogP contribution in [0.25, 0.3) is 0 Å². The molecule has 218 valence electrons. The van der Waals surface area contributed by atoms with Gasteiger partial charge < -0.3 is 10.2 Å². The van der Waals surface area contributed by atoms with Crippen LogP contribution < -0.4 is 9.62 Å². The summed E-state index contributed by atoms with van der Waals surface area (Å²) in [5.74, 6) is -1.20. The summed E-state index contributed by atoms with van der Waals surface area (Å²) < 4.78 is 26.8. The lowest BCUT2D eigenvalue weighted by molar-refractivity contribution is -0.140. The summed E-state index contributed by atoms with van der Waals surface area (Å²) in [7, 11) is -3.95. The van der Waals surface area contributed by atoms with Crippen LogP contribution in [0.2, 0.25) is 5.02 Å². The summed E-state index contributed by atoms with van der Waals surface area (Å²) in [6, 6.07) is 21.4. The lowest BCUT2D eigenvalue weighted by Gasteiger charge is -2.35.